The molecule has 7 heteroatoms. The Kier molecular flexibility index (Phi) is 5.75. The highest BCUT2D eigenvalue weighted by Crippen LogP contribution is 2.28. The summed E-state index contributed by atoms with van der Waals surface area (Å²) in [6.45, 7) is 0.374. The molecule has 0 spiro atoms. The van der Waals surface area contributed by atoms with Crippen molar-refractivity contribution in [2.24, 2.45) is 0 Å². The smallest absolute Gasteiger partial charge is 0.287 e. The van der Waals surface area contributed by atoms with E-state index in [1.165, 1.54) is 18.1 Å². The quantitative estimate of drug-likeness (QED) is 0.484. The summed E-state index contributed by atoms with van der Waals surface area (Å²) in [6, 6.07) is 18.1. The van der Waals surface area contributed by atoms with Gasteiger partial charge in [-0.3, -0.25) is 4.79 Å². The lowest BCUT2D eigenvalue weighted by atomic mass is 10.2. The van der Waals surface area contributed by atoms with Crippen LogP contribution in [0.5, 0.6) is 11.5 Å². The third-order valence-corrected chi connectivity index (χ3v) is 4.75. The van der Waals surface area contributed by atoms with E-state index in [9.17, 15) is 10.0 Å². The molecular weight excluding hydrogens is 372 g/mol. The highest BCUT2D eigenvalue weighted by atomic mass is 35.5. The SMILES string of the molecule is CSN(Cc1cccn(O)c1=O)c1ccc(Oc2ccc(Cl)cc2)cc1. The Morgan fingerprint density at radius 3 is 2.31 bits per heavy atom. The number of hydrogen-bond acceptors (Lipinski definition) is 5. The third-order valence-electron chi connectivity index (χ3n) is 3.72. The van der Waals surface area contributed by atoms with Crippen molar-refractivity contribution < 1.29 is 9.94 Å². The van der Waals surface area contributed by atoms with Gasteiger partial charge in [0.05, 0.1) is 6.54 Å². The van der Waals surface area contributed by atoms with Crippen molar-refractivity contribution in [3.05, 3.63) is 87.8 Å². The van der Waals surface area contributed by atoms with Crippen LogP contribution in [0, 0.1) is 0 Å². The Morgan fingerprint density at radius 2 is 1.69 bits per heavy atom. The molecule has 0 atom stereocenters. The molecule has 0 saturated heterocycles. The van der Waals surface area contributed by atoms with Crippen LogP contribution in [0.15, 0.2) is 71.7 Å². The van der Waals surface area contributed by atoms with Crippen molar-refractivity contribution in [3.8, 4) is 11.5 Å². The van der Waals surface area contributed by atoms with Gasteiger partial charge in [-0.2, -0.15) is 4.73 Å². The molecule has 0 bridgehead atoms. The van der Waals surface area contributed by atoms with Gasteiger partial charge < -0.3 is 14.2 Å². The highest BCUT2D eigenvalue weighted by Gasteiger charge is 2.10. The van der Waals surface area contributed by atoms with E-state index < -0.39 is 5.56 Å². The minimum absolute atomic E-state index is 0.374. The van der Waals surface area contributed by atoms with Gasteiger partial charge in [-0.25, -0.2) is 0 Å². The molecule has 3 rings (SSSR count). The number of aromatic nitrogens is 1. The number of halogens is 1. The molecule has 1 N–H and O–H groups in total. The molecule has 0 saturated carbocycles. The molecule has 5 nitrogen and oxygen atoms in total. The minimum atomic E-state index is -0.422. The minimum Gasteiger partial charge on any atom is -0.457 e. The molecule has 0 aliphatic carbocycles. The number of hydrogen-bond donors (Lipinski definition) is 1. The van der Waals surface area contributed by atoms with E-state index in [0.717, 1.165) is 5.69 Å². The molecule has 0 radical (unpaired) electrons. The Bertz CT molecular complexity index is 927. The first kappa shape index (κ1) is 18.2. The number of anilines is 1. The molecule has 2 aromatic carbocycles. The standard InChI is InChI=1S/C19H17ClN2O3S/c1-26-22(13-14-3-2-12-21(24)19(14)23)16-6-10-18(11-7-16)25-17-8-4-15(20)5-9-17/h2-12,24H,13H2,1H3. The van der Waals surface area contributed by atoms with Gasteiger partial charge in [0.2, 0.25) is 0 Å². The van der Waals surface area contributed by atoms with E-state index in [0.29, 0.717) is 33.4 Å². The number of rotatable bonds is 6. The fourth-order valence-corrected chi connectivity index (χ4v) is 3.11. The van der Waals surface area contributed by atoms with Crippen molar-refractivity contribution >= 4 is 29.2 Å². The Balaban J connectivity index is 1.74. The van der Waals surface area contributed by atoms with Crippen LogP contribution < -0.4 is 14.6 Å². The molecule has 1 aromatic heterocycles. The lowest BCUT2D eigenvalue weighted by Gasteiger charge is -2.21. The Labute approximate surface area is 160 Å². The first-order valence-corrected chi connectivity index (χ1v) is 9.38. The summed E-state index contributed by atoms with van der Waals surface area (Å²) in [5, 5.41) is 10.2. The van der Waals surface area contributed by atoms with Gasteiger partial charge in [0, 0.05) is 28.7 Å². The normalized spacial score (nSPS) is 10.5. The first-order valence-electron chi connectivity index (χ1n) is 7.82. The van der Waals surface area contributed by atoms with Gasteiger partial charge in [-0.05, 0) is 60.7 Å². The Hall–Kier alpha value is -2.57. The average molecular weight is 389 g/mol. The summed E-state index contributed by atoms with van der Waals surface area (Å²) in [7, 11) is 0. The second-order valence-corrected chi connectivity index (χ2v) is 6.69. The van der Waals surface area contributed by atoms with E-state index in [2.05, 4.69) is 0 Å². The maximum absolute atomic E-state index is 12.0. The van der Waals surface area contributed by atoms with Gasteiger partial charge in [-0.1, -0.05) is 23.5 Å². The lowest BCUT2D eigenvalue weighted by molar-refractivity contribution is 0.174. The Morgan fingerprint density at radius 1 is 1.08 bits per heavy atom. The number of ether oxygens (including phenoxy) is 1. The monoisotopic (exact) mass is 388 g/mol. The second kappa shape index (κ2) is 8.21. The predicted molar refractivity (Wildman–Crippen MR) is 106 cm³/mol. The summed E-state index contributed by atoms with van der Waals surface area (Å²) in [5.74, 6) is 1.41. The van der Waals surface area contributed by atoms with Crippen molar-refractivity contribution in [2.75, 3.05) is 10.6 Å². The largest absolute Gasteiger partial charge is 0.457 e. The number of benzene rings is 2. The molecule has 0 aliphatic rings. The molecule has 1 heterocycles. The summed E-state index contributed by atoms with van der Waals surface area (Å²) < 4.78 is 8.34. The topological polar surface area (TPSA) is 54.7 Å². The van der Waals surface area contributed by atoms with Crippen LogP contribution >= 0.6 is 23.5 Å². The molecule has 0 unspecified atom stereocenters. The predicted octanol–water partition coefficient (Wildman–Crippen LogP) is 4.82. The van der Waals surface area contributed by atoms with Crippen LogP contribution in [0.3, 0.4) is 0 Å². The first-order chi connectivity index (χ1) is 12.6. The van der Waals surface area contributed by atoms with Crippen LogP contribution in [0.4, 0.5) is 5.69 Å². The summed E-state index contributed by atoms with van der Waals surface area (Å²) in [4.78, 5) is 12.0. The zero-order chi connectivity index (χ0) is 18.5. The van der Waals surface area contributed by atoms with E-state index in [4.69, 9.17) is 16.3 Å². The van der Waals surface area contributed by atoms with Gasteiger partial charge in [0.15, 0.2) is 0 Å². The molecule has 26 heavy (non-hydrogen) atoms. The van der Waals surface area contributed by atoms with Gasteiger partial charge >= 0.3 is 0 Å². The summed E-state index contributed by atoms with van der Waals surface area (Å²) in [5.41, 5.74) is 1.01. The molecule has 0 amide bonds. The van der Waals surface area contributed by atoms with Gasteiger partial charge in [0.1, 0.15) is 11.5 Å². The third kappa shape index (κ3) is 4.33. The van der Waals surface area contributed by atoms with Crippen LogP contribution in [0.2, 0.25) is 5.02 Å². The van der Waals surface area contributed by atoms with Crippen molar-refractivity contribution in [1.82, 2.24) is 4.73 Å². The number of pyridine rings is 1. The maximum Gasteiger partial charge on any atom is 0.287 e. The van der Waals surface area contributed by atoms with E-state index >= 15 is 0 Å². The van der Waals surface area contributed by atoms with Crippen molar-refractivity contribution in [3.63, 3.8) is 0 Å². The average Bonchev–Trinajstić information content (AvgIpc) is 2.66. The molecule has 3 aromatic rings. The molecule has 134 valence electrons. The fourth-order valence-electron chi connectivity index (χ4n) is 2.38. The fraction of sp³-hybridized carbons (Fsp3) is 0.105. The lowest BCUT2D eigenvalue weighted by Crippen LogP contribution is -2.25. The second-order valence-electron chi connectivity index (χ2n) is 5.45. The molecule has 0 fully saturated rings. The van der Waals surface area contributed by atoms with Crippen molar-refractivity contribution in [2.45, 2.75) is 6.54 Å². The zero-order valence-corrected chi connectivity index (χ0v) is 15.6. The summed E-state index contributed by atoms with van der Waals surface area (Å²) >= 11 is 7.36. The van der Waals surface area contributed by atoms with Gasteiger partial charge in [0.25, 0.3) is 5.56 Å². The summed E-state index contributed by atoms with van der Waals surface area (Å²) in [6.07, 6.45) is 3.25. The van der Waals surface area contributed by atoms with Crippen LogP contribution in [0.25, 0.3) is 0 Å². The van der Waals surface area contributed by atoms with Gasteiger partial charge in [-0.15, -0.1) is 0 Å². The van der Waals surface area contributed by atoms with Crippen molar-refractivity contribution in [1.29, 1.82) is 0 Å². The zero-order valence-electron chi connectivity index (χ0n) is 14.0. The van der Waals surface area contributed by atoms with Crippen LogP contribution in [-0.4, -0.2) is 16.2 Å². The van der Waals surface area contributed by atoms with Crippen LogP contribution in [-0.2, 0) is 6.54 Å². The molecule has 0 aliphatic heterocycles. The van der Waals surface area contributed by atoms with E-state index in [-0.39, 0.29) is 0 Å². The van der Waals surface area contributed by atoms with E-state index in [1.807, 2.05) is 34.8 Å². The molecular formula is C19H17ClN2O3S. The van der Waals surface area contributed by atoms with Crippen LogP contribution in [0.1, 0.15) is 5.56 Å². The van der Waals surface area contributed by atoms with E-state index in [1.54, 1.807) is 36.4 Å². The number of nitrogens with zero attached hydrogens (tertiary/aromatic N) is 2. The maximum atomic E-state index is 12.0. The highest BCUT2D eigenvalue weighted by molar-refractivity contribution is 7.99.